The highest BCUT2D eigenvalue weighted by atomic mass is 16.5. The Hall–Kier alpha value is -3.42. The molecule has 0 spiro atoms. The van der Waals surface area contributed by atoms with Crippen LogP contribution >= 0.6 is 0 Å². The first-order valence-corrected chi connectivity index (χ1v) is 8.80. The van der Waals surface area contributed by atoms with Crippen LogP contribution in [0, 0.1) is 6.92 Å². The van der Waals surface area contributed by atoms with E-state index in [9.17, 15) is 14.4 Å². The summed E-state index contributed by atoms with van der Waals surface area (Å²) in [6.07, 6.45) is 3.28. The summed E-state index contributed by atoms with van der Waals surface area (Å²) in [7, 11) is 1.57. The third-order valence-corrected chi connectivity index (χ3v) is 4.76. The van der Waals surface area contributed by atoms with Gasteiger partial charge in [-0.25, -0.2) is 4.79 Å². The fourth-order valence-corrected chi connectivity index (χ4v) is 3.13. The number of hydrogen-bond donors (Lipinski definition) is 2. The Bertz CT molecular complexity index is 916. The van der Waals surface area contributed by atoms with Gasteiger partial charge in [-0.05, 0) is 48.7 Å². The van der Waals surface area contributed by atoms with E-state index < -0.39 is 23.4 Å². The summed E-state index contributed by atoms with van der Waals surface area (Å²) in [5.41, 5.74) is 1.06. The molecule has 1 atom stereocenters. The molecule has 0 saturated carbocycles. The number of urea groups is 1. The second kappa shape index (κ2) is 7.67. The number of nitrogens with one attached hydrogen (secondary N) is 2. The van der Waals surface area contributed by atoms with Gasteiger partial charge in [-0.1, -0.05) is 12.1 Å². The molecule has 8 heteroatoms. The first-order valence-electron chi connectivity index (χ1n) is 8.80. The summed E-state index contributed by atoms with van der Waals surface area (Å²) in [5, 5.41) is 5.39. The average Bonchev–Trinajstić information content (AvgIpc) is 2.91. The molecule has 1 aromatic carbocycles. The number of rotatable bonds is 6. The van der Waals surface area contributed by atoms with E-state index in [4.69, 9.17) is 4.74 Å². The zero-order valence-electron chi connectivity index (χ0n) is 16.0. The van der Waals surface area contributed by atoms with Gasteiger partial charge < -0.3 is 15.4 Å². The minimum Gasteiger partial charge on any atom is -0.496 e. The van der Waals surface area contributed by atoms with Crippen molar-refractivity contribution in [2.24, 2.45) is 0 Å². The maximum Gasteiger partial charge on any atom is 0.325 e. The van der Waals surface area contributed by atoms with E-state index in [1.165, 1.54) is 0 Å². The maximum atomic E-state index is 12.9. The maximum absolute atomic E-state index is 12.9. The van der Waals surface area contributed by atoms with E-state index in [1.807, 2.05) is 13.0 Å². The molecule has 1 aliphatic heterocycles. The molecule has 0 bridgehead atoms. The molecule has 2 aromatic rings. The van der Waals surface area contributed by atoms with Crippen LogP contribution in [0.2, 0.25) is 0 Å². The van der Waals surface area contributed by atoms with Crippen molar-refractivity contribution in [2.75, 3.05) is 13.7 Å². The van der Waals surface area contributed by atoms with E-state index in [1.54, 1.807) is 50.7 Å². The molecule has 8 nitrogen and oxygen atoms in total. The number of aromatic nitrogens is 1. The molecule has 1 saturated heterocycles. The quantitative estimate of drug-likeness (QED) is 0.737. The molecular weight excluding hydrogens is 360 g/mol. The Kier molecular flexibility index (Phi) is 5.30. The molecule has 1 aliphatic rings. The van der Waals surface area contributed by atoms with Gasteiger partial charge >= 0.3 is 6.03 Å². The van der Waals surface area contributed by atoms with Crippen LogP contribution in [-0.4, -0.2) is 41.4 Å². The zero-order chi connectivity index (χ0) is 20.3. The van der Waals surface area contributed by atoms with Gasteiger partial charge in [0, 0.05) is 18.9 Å². The lowest BCUT2D eigenvalue weighted by Gasteiger charge is -2.23. The van der Waals surface area contributed by atoms with E-state index >= 15 is 0 Å². The van der Waals surface area contributed by atoms with Crippen molar-refractivity contribution in [1.29, 1.82) is 0 Å². The molecule has 1 fully saturated rings. The van der Waals surface area contributed by atoms with Gasteiger partial charge in [-0.2, -0.15) is 0 Å². The molecule has 0 aliphatic carbocycles. The number of methoxy groups -OCH3 is 1. The number of benzene rings is 1. The van der Waals surface area contributed by atoms with Gasteiger partial charge in [-0.3, -0.25) is 19.5 Å². The monoisotopic (exact) mass is 382 g/mol. The van der Waals surface area contributed by atoms with Crippen LogP contribution in [-0.2, 0) is 21.7 Å². The van der Waals surface area contributed by atoms with Crippen LogP contribution in [0.4, 0.5) is 4.79 Å². The predicted octanol–water partition coefficient (Wildman–Crippen LogP) is 1.48. The number of pyridine rings is 1. The third-order valence-electron chi connectivity index (χ3n) is 4.76. The molecule has 146 valence electrons. The Morgan fingerprint density at radius 1 is 1.32 bits per heavy atom. The number of carbonyl (C=O) groups excluding carboxylic acids is 3. The van der Waals surface area contributed by atoms with E-state index in [0.717, 1.165) is 16.0 Å². The van der Waals surface area contributed by atoms with Crippen molar-refractivity contribution in [3.63, 3.8) is 0 Å². The van der Waals surface area contributed by atoms with Crippen LogP contribution in [0.25, 0.3) is 0 Å². The Labute approximate surface area is 162 Å². The fourth-order valence-electron chi connectivity index (χ4n) is 3.13. The smallest absolute Gasteiger partial charge is 0.325 e. The van der Waals surface area contributed by atoms with Gasteiger partial charge in [0.2, 0.25) is 5.91 Å². The minimum atomic E-state index is -1.24. The number of amides is 4. The first kappa shape index (κ1) is 19.3. The molecular formula is C20H22N4O4. The highest BCUT2D eigenvalue weighted by molar-refractivity contribution is 6.09. The summed E-state index contributed by atoms with van der Waals surface area (Å²) in [4.78, 5) is 42.4. The number of nitrogens with zero attached hydrogens (tertiary/aromatic N) is 2. The van der Waals surface area contributed by atoms with Crippen LogP contribution in [0.3, 0.4) is 0 Å². The standard InChI is InChI=1S/C20H22N4O4/c1-13-9-15(6-7-16(13)28-3)20(2)18(26)24(19(27)23-20)12-17(25)22-11-14-5-4-8-21-10-14/h4-10H,11-12H2,1-3H3,(H,22,25)(H,23,27). The van der Waals surface area contributed by atoms with Gasteiger partial charge in [0.1, 0.15) is 17.8 Å². The molecule has 2 heterocycles. The largest absolute Gasteiger partial charge is 0.496 e. The topological polar surface area (TPSA) is 101 Å². The summed E-state index contributed by atoms with van der Waals surface area (Å²) in [6, 6.07) is 8.26. The van der Waals surface area contributed by atoms with Gasteiger partial charge in [0.15, 0.2) is 0 Å². The summed E-state index contributed by atoms with van der Waals surface area (Å²) in [5.74, 6) is -0.211. The molecule has 28 heavy (non-hydrogen) atoms. The van der Waals surface area contributed by atoms with Crippen molar-refractivity contribution in [3.05, 3.63) is 59.4 Å². The first-order chi connectivity index (χ1) is 13.3. The number of hydrogen-bond acceptors (Lipinski definition) is 5. The lowest BCUT2D eigenvalue weighted by molar-refractivity contribution is -0.134. The lowest BCUT2D eigenvalue weighted by Crippen LogP contribution is -2.43. The number of aryl methyl sites for hydroxylation is 1. The zero-order valence-corrected chi connectivity index (χ0v) is 16.0. The normalized spacial score (nSPS) is 18.8. The van der Waals surface area contributed by atoms with Crippen molar-refractivity contribution < 1.29 is 19.1 Å². The molecule has 2 N–H and O–H groups in total. The number of ether oxygens (including phenoxy) is 1. The van der Waals surface area contributed by atoms with Crippen molar-refractivity contribution >= 4 is 17.8 Å². The van der Waals surface area contributed by atoms with Crippen LogP contribution in [0.5, 0.6) is 5.75 Å². The lowest BCUT2D eigenvalue weighted by atomic mass is 9.90. The van der Waals surface area contributed by atoms with Crippen LogP contribution in [0.15, 0.2) is 42.7 Å². The van der Waals surface area contributed by atoms with Crippen molar-refractivity contribution in [2.45, 2.75) is 25.9 Å². The van der Waals surface area contributed by atoms with Crippen molar-refractivity contribution in [1.82, 2.24) is 20.5 Å². The van der Waals surface area contributed by atoms with Gasteiger partial charge in [0.25, 0.3) is 5.91 Å². The summed E-state index contributed by atoms with van der Waals surface area (Å²) >= 11 is 0. The van der Waals surface area contributed by atoms with Gasteiger partial charge in [0.05, 0.1) is 7.11 Å². The van der Waals surface area contributed by atoms with E-state index in [0.29, 0.717) is 11.3 Å². The minimum absolute atomic E-state index is 0.269. The Morgan fingerprint density at radius 3 is 2.75 bits per heavy atom. The number of carbonyl (C=O) groups is 3. The predicted molar refractivity (Wildman–Crippen MR) is 101 cm³/mol. The van der Waals surface area contributed by atoms with E-state index in [2.05, 4.69) is 15.6 Å². The highest BCUT2D eigenvalue weighted by Gasteiger charge is 2.49. The average molecular weight is 382 g/mol. The second-order valence-corrected chi connectivity index (χ2v) is 6.77. The number of imide groups is 1. The Morgan fingerprint density at radius 2 is 2.11 bits per heavy atom. The van der Waals surface area contributed by atoms with Crippen LogP contribution < -0.4 is 15.4 Å². The van der Waals surface area contributed by atoms with Crippen molar-refractivity contribution in [3.8, 4) is 5.75 Å². The highest BCUT2D eigenvalue weighted by Crippen LogP contribution is 2.31. The second-order valence-electron chi connectivity index (χ2n) is 6.77. The Balaban J connectivity index is 1.70. The molecule has 3 rings (SSSR count). The molecule has 0 radical (unpaired) electrons. The third kappa shape index (κ3) is 3.66. The SMILES string of the molecule is COc1ccc(C2(C)NC(=O)N(CC(=O)NCc3cccnc3)C2=O)cc1C. The van der Waals surface area contributed by atoms with Crippen LogP contribution in [0.1, 0.15) is 23.6 Å². The molecule has 4 amide bonds. The summed E-state index contributed by atoms with van der Waals surface area (Å²) in [6.45, 7) is 3.40. The van der Waals surface area contributed by atoms with Gasteiger partial charge in [-0.15, -0.1) is 0 Å². The molecule has 1 aromatic heterocycles. The van der Waals surface area contributed by atoms with E-state index in [-0.39, 0.29) is 13.1 Å². The molecule has 1 unspecified atom stereocenters. The fraction of sp³-hybridized carbons (Fsp3) is 0.300. The summed E-state index contributed by atoms with van der Waals surface area (Å²) < 4.78 is 5.24.